The predicted octanol–water partition coefficient (Wildman–Crippen LogP) is 4.11. The first-order valence-corrected chi connectivity index (χ1v) is 6.67. The van der Waals surface area contributed by atoms with E-state index in [4.69, 9.17) is 5.73 Å². The van der Waals surface area contributed by atoms with Gasteiger partial charge in [-0.15, -0.1) is 0 Å². The van der Waals surface area contributed by atoms with Gasteiger partial charge in [0.15, 0.2) is 5.13 Å². The normalized spacial score (nSPS) is 10.9. The number of halogens is 1. The molecular weight excluding hydrogens is 296 g/mol. The maximum atomic E-state index is 5.68. The van der Waals surface area contributed by atoms with E-state index in [0.29, 0.717) is 5.13 Å². The van der Waals surface area contributed by atoms with Crippen LogP contribution in [0.15, 0.2) is 40.9 Å². The van der Waals surface area contributed by atoms with Gasteiger partial charge in [-0.25, -0.2) is 4.98 Å². The lowest BCUT2D eigenvalue weighted by Gasteiger charge is -2.00. The summed E-state index contributed by atoms with van der Waals surface area (Å²) in [6, 6.07) is 15.5. The van der Waals surface area contributed by atoms with E-state index in [1.807, 2.05) is 24.3 Å². The van der Waals surface area contributed by atoms with Gasteiger partial charge in [0.05, 0.1) is 10.2 Å². The summed E-state index contributed by atoms with van der Waals surface area (Å²) in [6.07, 6.45) is 0. The number of hydrogen-bond acceptors (Lipinski definition) is 3. The van der Waals surface area contributed by atoms with Gasteiger partial charge in [0.2, 0.25) is 0 Å². The average molecular weight is 304 g/mol. The Hall–Kier alpha value is -1.39. The third-order valence-electron chi connectivity index (χ3n) is 2.48. The van der Waals surface area contributed by atoms with Crippen LogP contribution >= 0.6 is 27.3 Å². The quantitative estimate of drug-likeness (QED) is 0.735. The Kier molecular flexibility index (Phi) is 2.61. The van der Waals surface area contributed by atoms with E-state index in [9.17, 15) is 0 Å². The number of hydrogen-bond donors (Lipinski definition) is 1. The number of anilines is 1. The second-order valence-corrected chi connectivity index (χ2v) is 5.62. The van der Waals surface area contributed by atoms with Crippen molar-refractivity contribution in [3.63, 3.8) is 0 Å². The molecule has 2 nitrogen and oxygen atoms in total. The molecule has 0 amide bonds. The molecule has 1 radical (unpaired) electrons. The molecule has 17 heavy (non-hydrogen) atoms. The van der Waals surface area contributed by atoms with Crippen LogP contribution in [0.4, 0.5) is 5.13 Å². The Labute approximate surface area is 111 Å². The summed E-state index contributed by atoms with van der Waals surface area (Å²) in [4.78, 5) is 4.25. The average Bonchev–Trinajstić information content (AvgIpc) is 2.69. The standard InChI is InChI=1S/C13H8BrN2S/c14-10-4-1-8(2-5-10)9-3-6-12-11(7-9)16-13(15)17-12/h1-6H,(H2,15,16). The molecule has 0 fully saturated rings. The summed E-state index contributed by atoms with van der Waals surface area (Å²) in [7, 11) is 0. The van der Waals surface area contributed by atoms with Crippen molar-refractivity contribution in [1.29, 1.82) is 0 Å². The van der Waals surface area contributed by atoms with E-state index in [1.54, 1.807) is 0 Å². The molecule has 0 aliphatic rings. The number of aromatic nitrogens is 1. The molecule has 83 valence electrons. The van der Waals surface area contributed by atoms with Crippen LogP contribution in [0.5, 0.6) is 0 Å². The fourth-order valence-electron chi connectivity index (χ4n) is 1.68. The maximum absolute atomic E-state index is 5.68. The summed E-state index contributed by atoms with van der Waals surface area (Å²) in [5.74, 6) is 0. The lowest BCUT2D eigenvalue weighted by atomic mass is 10.1. The topological polar surface area (TPSA) is 38.9 Å². The van der Waals surface area contributed by atoms with Crippen LogP contribution in [-0.2, 0) is 0 Å². The zero-order chi connectivity index (χ0) is 11.8. The van der Waals surface area contributed by atoms with Gasteiger partial charge in [0.1, 0.15) is 0 Å². The second kappa shape index (κ2) is 4.13. The zero-order valence-electron chi connectivity index (χ0n) is 8.77. The van der Waals surface area contributed by atoms with E-state index in [2.05, 4.69) is 39.1 Å². The highest BCUT2D eigenvalue weighted by atomic mass is 79.9. The number of fused-ring (bicyclic) bond motifs is 1. The van der Waals surface area contributed by atoms with Gasteiger partial charge in [0.25, 0.3) is 0 Å². The monoisotopic (exact) mass is 303 g/mol. The molecule has 0 aliphatic heterocycles. The van der Waals surface area contributed by atoms with E-state index in [1.165, 1.54) is 11.3 Å². The molecule has 3 aromatic rings. The summed E-state index contributed by atoms with van der Waals surface area (Å²) < 4.78 is 2.14. The Morgan fingerprint density at radius 2 is 1.88 bits per heavy atom. The number of benzene rings is 2. The van der Waals surface area contributed by atoms with Crippen LogP contribution in [0.3, 0.4) is 0 Å². The highest BCUT2D eigenvalue weighted by Gasteiger charge is 2.04. The second-order valence-electron chi connectivity index (χ2n) is 3.64. The molecule has 1 heterocycles. The molecule has 3 rings (SSSR count). The van der Waals surface area contributed by atoms with Crippen LogP contribution in [-0.4, -0.2) is 4.98 Å². The van der Waals surface area contributed by atoms with Crippen LogP contribution in [0, 0.1) is 6.07 Å². The number of rotatable bonds is 1. The molecule has 0 bridgehead atoms. The SMILES string of the molecule is Nc1nc2[c]c(-c3ccc(Br)cc3)ccc2s1. The van der Waals surface area contributed by atoms with Crippen molar-refractivity contribution in [3.8, 4) is 11.1 Å². The fraction of sp³-hybridized carbons (Fsp3) is 0. The Morgan fingerprint density at radius 3 is 2.65 bits per heavy atom. The van der Waals surface area contributed by atoms with E-state index < -0.39 is 0 Å². The minimum absolute atomic E-state index is 0.587. The number of nitrogens with two attached hydrogens (primary N) is 1. The minimum atomic E-state index is 0.587. The number of nitrogen functional groups attached to an aromatic ring is 1. The lowest BCUT2D eigenvalue weighted by Crippen LogP contribution is -1.81. The van der Waals surface area contributed by atoms with Gasteiger partial charge < -0.3 is 5.73 Å². The molecule has 0 unspecified atom stereocenters. The zero-order valence-corrected chi connectivity index (χ0v) is 11.2. The summed E-state index contributed by atoms with van der Waals surface area (Å²) in [5.41, 5.74) is 8.68. The molecule has 0 atom stereocenters. The third-order valence-corrected chi connectivity index (χ3v) is 3.86. The van der Waals surface area contributed by atoms with Gasteiger partial charge in [-0.05, 0) is 29.3 Å². The van der Waals surface area contributed by atoms with E-state index >= 15 is 0 Å². The van der Waals surface area contributed by atoms with Crippen molar-refractivity contribution >= 4 is 42.6 Å². The van der Waals surface area contributed by atoms with Crippen LogP contribution < -0.4 is 5.73 Å². The van der Waals surface area contributed by atoms with Crippen LogP contribution in [0.25, 0.3) is 21.3 Å². The Morgan fingerprint density at radius 1 is 1.12 bits per heavy atom. The third kappa shape index (κ3) is 2.06. The van der Waals surface area contributed by atoms with Crippen molar-refractivity contribution in [2.24, 2.45) is 0 Å². The van der Waals surface area contributed by atoms with Gasteiger partial charge in [-0.3, -0.25) is 0 Å². The van der Waals surface area contributed by atoms with Crippen molar-refractivity contribution in [3.05, 3.63) is 46.9 Å². The van der Waals surface area contributed by atoms with Crippen molar-refractivity contribution in [1.82, 2.24) is 4.98 Å². The van der Waals surface area contributed by atoms with Crippen LogP contribution in [0.1, 0.15) is 0 Å². The van der Waals surface area contributed by atoms with Gasteiger partial charge in [-0.2, -0.15) is 0 Å². The molecule has 0 aliphatic carbocycles. The summed E-state index contributed by atoms with van der Waals surface area (Å²) in [5, 5.41) is 0.587. The fourth-order valence-corrected chi connectivity index (χ4v) is 2.63. The summed E-state index contributed by atoms with van der Waals surface area (Å²) >= 11 is 4.91. The molecule has 4 heteroatoms. The molecular formula is C13H8BrN2S. The first kappa shape index (κ1) is 10.7. The van der Waals surface area contributed by atoms with Crippen molar-refractivity contribution in [2.45, 2.75) is 0 Å². The largest absolute Gasteiger partial charge is 0.375 e. The lowest BCUT2D eigenvalue weighted by molar-refractivity contribution is 1.49. The Balaban J connectivity index is 2.13. The number of nitrogens with zero attached hydrogens (tertiary/aromatic N) is 1. The molecule has 0 saturated heterocycles. The van der Waals surface area contributed by atoms with E-state index in [0.717, 1.165) is 25.8 Å². The van der Waals surface area contributed by atoms with Gasteiger partial charge >= 0.3 is 0 Å². The minimum Gasteiger partial charge on any atom is -0.375 e. The molecule has 0 spiro atoms. The van der Waals surface area contributed by atoms with Crippen LogP contribution in [0.2, 0.25) is 0 Å². The maximum Gasteiger partial charge on any atom is 0.181 e. The smallest absolute Gasteiger partial charge is 0.181 e. The molecule has 0 saturated carbocycles. The first-order chi connectivity index (χ1) is 8.22. The number of thiazole rings is 1. The van der Waals surface area contributed by atoms with Crippen molar-refractivity contribution < 1.29 is 0 Å². The van der Waals surface area contributed by atoms with E-state index in [-0.39, 0.29) is 0 Å². The predicted molar refractivity (Wildman–Crippen MR) is 76.0 cm³/mol. The van der Waals surface area contributed by atoms with Gasteiger partial charge in [-0.1, -0.05) is 45.5 Å². The van der Waals surface area contributed by atoms with Gasteiger partial charge in [0, 0.05) is 10.5 Å². The molecule has 1 aromatic heterocycles. The van der Waals surface area contributed by atoms with Crippen molar-refractivity contribution in [2.75, 3.05) is 5.73 Å². The molecule has 2 aromatic carbocycles. The highest BCUT2D eigenvalue weighted by Crippen LogP contribution is 2.28. The highest BCUT2D eigenvalue weighted by molar-refractivity contribution is 9.10. The first-order valence-electron chi connectivity index (χ1n) is 5.07. The summed E-state index contributed by atoms with van der Waals surface area (Å²) in [6.45, 7) is 0. The Bertz CT molecular complexity index is 673. The molecule has 2 N–H and O–H groups in total.